The van der Waals surface area contributed by atoms with Gasteiger partial charge in [-0.25, -0.2) is 19.4 Å². The van der Waals surface area contributed by atoms with E-state index in [1.807, 2.05) is 13.8 Å². The van der Waals surface area contributed by atoms with Crippen LogP contribution >= 0.6 is 0 Å². The lowest BCUT2D eigenvalue weighted by atomic mass is 10.2. The Bertz CT molecular complexity index is 1200. The van der Waals surface area contributed by atoms with Crippen LogP contribution in [0.4, 0.5) is 8.78 Å². The van der Waals surface area contributed by atoms with Crippen molar-refractivity contribution < 1.29 is 18.3 Å². The minimum atomic E-state index is -2.81. The van der Waals surface area contributed by atoms with Gasteiger partial charge in [-0.2, -0.15) is 13.9 Å². The average molecular weight is 399 g/mol. The molecule has 0 saturated carbocycles. The molecular formula is C20H19F2N5O2. The van der Waals surface area contributed by atoms with Crippen molar-refractivity contribution in [2.75, 3.05) is 0 Å². The Balaban J connectivity index is 1.62. The topological polar surface area (TPSA) is 74.8 Å². The summed E-state index contributed by atoms with van der Waals surface area (Å²) in [7, 11) is 0. The van der Waals surface area contributed by atoms with Gasteiger partial charge >= 0.3 is 12.5 Å². The summed E-state index contributed by atoms with van der Waals surface area (Å²) < 4.78 is 35.2. The largest absolute Gasteiger partial charge is 0.451 e. The van der Waals surface area contributed by atoms with Gasteiger partial charge in [-0.1, -0.05) is 12.1 Å². The van der Waals surface area contributed by atoms with Crippen molar-refractivity contribution in [3.05, 3.63) is 54.1 Å². The van der Waals surface area contributed by atoms with E-state index >= 15 is 0 Å². The van der Waals surface area contributed by atoms with Gasteiger partial charge in [0, 0.05) is 17.6 Å². The average Bonchev–Trinajstić information content (AvgIpc) is 3.28. The predicted molar refractivity (Wildman–Crippen MR) is 103 cm³/mol. The third kappa shape index (κ3) is 3.32. The smallest absolute Gasteiger partial charge is 0.340 e. The molecule has 0 bridgehead atoms. The molecule has 0 amide bonds. The summed E-state index contributed by atoms with van der Waals surface area (Å²) in [6.07, 6.45) is 2.05. The lowest BCUT2D eigenvalue weighted by Crippen LogP contribution is -2.15. The number of hydrogen-bond acceptors (Lipinski definition) is 5. The maximum atomic E-state index is 13.6. The summed E-state index contributed by atoms with van der Waals surface area (Å²) in [4.78, 5) is 21.1. The van der Waals surface area contributed by atoms with E-state index in [4.69, 9.17) is 4.74 Å². The third-order valence-electron chi connectivity index (χ3n) is 4.62. The Morgan fingerprint density at radius 3 is 2.62 bits per heavy atom. The molecule has 0 aliphatic heterocycles. The number of benzene rings is 1. The molecule has 9 heteroatoms. The second kappa shape index (κ2) is 7.23. The molecule has 0 aliphatic rings. The van der Waals surface area contributed by atoms with E-state index in [9.17, 15) is 13.6 Å². The number of carbonyl (C=O) groups is 1. The van der Waals surface area contributed by atoms with Crippen LogP contribution in [0.3, 0.4) is 0 Å². The molecule has 0 spiro atoms. The Kier molecular flexibility index (Phi) is 4.73. The monoisotopic (exact) mass is 399 g/mol. The van der Waals surface area contributed by atoms with E-state index in [0.717, 1.165) is 4.57 Å². The van der Waals surface area contributed by atoms with E-state index < -0.39 is 18.6 Å². The van der Waals surface area contributed by atoms with Crippen molar-refractivity contribution in [2.45, 2.75) is 39.5 Å². The maximum Gasteiger partial charge on any atom is 0.340 e. The molecule has 3 aromatic heterocycles. The molecule has 0 N–H and O–H groups in total. The fourth-order valence-corrected chi connectivity index (χ4v) is 3.27. The van der Waals surface area contributed by atoms with Crippen molar-refractivity contribution in [1.82, 2.24) is 24.3 Å². The zero-order chi connectivity index (χ0) is 20.7. The number of alkyl halides is 2. The molecule has 4 aromatic rings. The molecule has 29 heavy (non-hydrogen) atoms. The summed E-state index contributed by atoms with van der Waals surface area (Å²) in [6, 6.07) is 8.30. The maximum absolute atomic E-state index is 13.6. The molecule has 0 aliphatic carbocycles. The second-order valence-corrected chi connectivity index (χ2v) is 6.97. The lowest BCUT2D eigenvalue weighted by Gasteiger charge is -2.15. The van der Waals surface area contributed by atoms with Crippen molar-refractivity contribution in [3.63, 3.8) is 0 Å². The van der Waals surface area contributed by atoms with Crippen LogP contribution < -0.4 is 0 Å². The highest BCUT2D eigenvalue weighted by molar-refractivity contribution is 5.93. The molecule has 1 atom stereocenters. The van der Waals surface area contributed by atoms with Gasteiger partial charge in [-0.05, 0) is 39.0 Å². The number of rotatable bonds is 5. The van der Waals surface area contributed by atoms with Crippen LogP contribution in [0.2, 0.25) is 0 Å². The van der Waals surface area contributed by atoms with Gasteiger partial charge in [-0.15, -0.1) is 0 Å². The molecule has 7 nitrogen and oxygen atoms in total. The first kappa shape index (κ1) is 19.0. The molecule has 0 unspecified atom stereocenters. The number of nitrogens with zero attached hydrogens (tertiary/aromatic N) is 5. The molecular weight excluding hydrogens is 380 g/mol. The highest BCUT2D eigenvalue weighted by atomic mass is 19.3. The fraction of sp³-hybridized carbons (Fsp3) is 0.300. The fourth-order valence-electron chi connectivity index (χ4n) is 3.27. The van der Waals surface area contributed by atoms with Crippen LogP contribution in [-0.2, 0) is 4.74 Å². The van der Waals surface area contributed by atoms with E-state index in [2.05, 4.69) is 15.1 Å². The van der Waals surface area contributed by atoms with Crippen molar-refractivity contribution in [2.24, 2.45) is 0 Å². The van der Waals surface area contributed by atoms with E-state index in [0.29, 0.717) is 16.6 Å². The summed E-state index contributed by atoms with van der Waals surface area (Å²) in [5.74, 6) is -0.687. The number of hydrogen-bond donors (Lipinski definition) is 0. The van der Waals surface area contributed by atoms with Crippen molar-refractivity contribution >= 4 is 28.0 Å². The number of carbonyl (C=O) groups excluding carboxylic acids is 1. The van der Waals surface area contributed by atoms with Gasteiger partial charge in [0.2, 0.25) is 0 Å². The SMILES string of the molecule is CC(C)n1ncc2cc(C(=O)O[C@@H](C)c3nc4ccccc4n3C(F)F)cnc21. The lowest BCUT2D eigenvalue weighted by molar-refractivity contribution is 0.0233. The van der Waals surface area contributed by atoms with Crippen LogP contribution in [0.15, 0.2) is 42.7 Å². The van der Waals surface area contributed by atoms with Crippen LogP contribution in [0.1, 0.15) is 55.6 Å². The van der Waals surface area contributed by atoms with Gasteiger partial charge in [-0.3, -0.25) is 4.57 Å². The van der Waals surface area contributed by atoms with Crippen LogP contribution in [-0.4, -0.2) is 30.3 Å². The number of pyridine rings is 1. The van der Waals surface area contributed by atoms with Gasteiger partial charge in [0.05, 0.1) is 22.8 Å². The van der Waals surface area contributed by atoms with Crippen molar-refractivity contribution in [1.29, 1.82) is 0 Å². The highest BCUT2D eigenvalue weighted by Crippen LogP contribution is 2.28. The second-order valence-electron chi connectivity index (χ2n) is 6.97. The number of ether oxygens (including phenoxy) is 1. The number of esters is 1. The minimum absolute atomic E-state index is 0.0174. The summed E-state index contributed by atoms with van der Waals surface area (Å²) in [6.45, 7) is 2.67. The highest BCUT2D eigenvalue weighted by Gasteiger charge is 2.25. The van der Waals surface area contributed by atoms with Crippen LogP contribution in [0.5, 0.6) is 0 Å². The van der Waals surface area contributed by atoms with E-state index in [-0.39, 0.29) is 22.9 Å². The minimum Gasteiger partial charge on any atom is -0.451 e. The number of fused-ring (bicyclic) bond motifs is 2. The number of halogens is 2. The third-order valence-corrected chi connectivity index (χ3v) is 4.62. The molecule has 0 fully saturated rings. The molecule has 1 aromatic carbocycles. The van der Waals surface area contributed by atoms with Gasteiger partial charge < -0.3 is 4.74 Å². The van der Waals surface area contributed by atoms with E-state index in [1.165, 1.54) is 13.1 Å². The summed E-state index contributed by atoms with van der Waals surface area (Å²) in [5.41, 5.74) is 1.57. The normalized spacial score (nSPS) is 12.9. The summed E-state index contributed by atoms with van der Waals surface area (Å²) >= 11 is 0. The predicted octanol–water partition coefficient (Wildman–Crippen LogP) is 4.68. The Morgan fingerprint density at radius 1 is 1.14 bits per heavy atom. The quantitative estimate of drug-likeness (QED) is 0.456. The van der Waals surface area contributed by atoms with E-state index in [1.54, 1.807) is 41.2 Å². The first-order valence-electron chi connectivity index (χ1n) is 9.16. The van der Waals surface area contributed by atoms with Gasteiger partial charge in [0.15, 0.2) is 17.6 Å². The zero-order valence-electron chi connectivity index (χ0n) is 16.1. The van der Waals surface area contributed by atoms with Crippen molar-refractivity contribution in [3.8, 4) is 0 Å². The number of aromatic nitrogens is 5. The molecule has 4 rings (SSSR count). The molecule has 0 radical (unpaired) electrons. The number of para-hydroxylation sites is 2. The van der Waals surface area contributed by atoms with Gasteiger partial charge in [0.25, 0.3) is 0 Å². The zero-order valence-corrected chi connectivity index (χ0v) is 16.1. The first-order chi connectivity index (χ1) is 13.9. The number of imidazole rings is 1. The molecule has 150 valence electrons. The first-order valence-corrected chi connectivity index (χ1v) is 9.16. The molecule has 3 heterocycles. The summed E-state index contributed by atoms with van der Waals surface area (Å²) in [5, 5.41) is 4.96. The van der Waals surface area contributed by atoms with Crippen LogP contribution in [0.25, 0.3) is 22.1 Å². The Hall–Kier alpha value is -3.36. The Morgan fingerprint density at radius 2 is 1.90 bits per heavy atom. The standard InChI is InChI=1S/C20H19F2N5O2/c1-11(2)27-18-13(10-24-27)8-14(9-23-18)19(28)29-12(3)17-25-15-6-4-5-7-16(15)26(17)20(21)22/h4-12,20H,1-3H3/t12-/m0/s1. The molecule has 0 saturated heterocycles. The Labute approximate surface area is 164 Å². The van der Waals surface area contributed by atoms with Crippen LogP contribution in [0, 0.1) is 0 Å². The van der Waals surface area contributed by atoms with Gasteiger partial charge in [0.1, 0.15) is 0 Å².